The van der Waals surface area contributed by atoms with Gasteiger partial charge in [0.2, 0.25) is 5.91 Å². The number of aromatic hydroxyl groups is 1. The van der Waals surface area contributed by atoms with Crippen LogP contribution in [0, 0.1) is 0 Å². The SMILES string of the molecule is CC(=O)Nc1cc(N=Nc2nncs2)ccc1O. The summed E-state index contributed by atoms with van der Waals surface area (Å²) in [5.74, 6) is -0.302. The van der Waals surface area contributed by atoms with Crippen LogP contribution in [-0.4, -0.2) is 21.2 Å². The number of benzene rings is 1. The number of hydrogen-bond acceptors (Lipinski definition) is 7. The fraction of sp³-hybridized carbons (Fsp3) is 0.100. The second-order valence-corrected chi connectivity index (χ2v) is 4.12. The molecule has 0 unspecified atom stereocenters. The Bertz CT molecular complexity index is 582. The van der Waals surface area contributed by atoms with Crippen LogP contribution in [0.15, 0.2) is 33.9 Å². The van der Waals surface area contributed by atoms with E-state index in [-0.39, 0.29) is 17.3 Å². The van der Waals surface area contributed by atoms with Crippen LogP contribution in [-0.2, 0) is 4.79 Å². The number of phenolic OH excluding ortho intramolecular Hbond substituents is 1. The van der Waals surface area contributed by atoms with E-state index in [1.807, 2.05) is 0 Å². The zero-order valence-electron chi connectivity index (χ0n) is 9.36. The molecule has 0 aliphatic heterocycles. The number of rotatable bonds is 3. The van der Waals surface area contributed by atoms with Gasteiger partial charge in [-0.05, 0) is 18.2 Å². The maximum atomic E-state index is 10.9. The number of nitrogens with zero attached hydrogens (tertiary/aromatic N) is 4. The van der Waals surface area contributed by atoms with Gasteiger partial charge in [0.25, 0.3) is 5.13 Å². The fourth-order valence-electron chi connectivity index (χ4n) is 1.19. The van der Waals surface area contributed by atoms with E-state index in [9.17, 15) is 9.90 Å². The molecule has 1 aromatic heterocycles. The monoisotopic (exact) mass is 263 g/mol. The predicted molar refractivity (Wildman–Crippen MR) is 66.5 cm³/mol. The molecule has 0 radical (unpaired) electrons. The molecule has 0 atom stereocenters. The Hall–Kier alpha value is -2.35. The van der Waals surface area contributed by atoms with Crippen molar-refractivity contribution < 1.29 is 9.90 Å². The van der Waals surface area contributed by atoms with Gasteiger partial charge in [-0.15, -0.1) is 20.4 Å². The van der Waals surface area contributed by atoms with Crippen molar-refractivity contribution in [1.29, 1.82) is 0 Å². The number of aromatic nitrogens is 2. The van der Waals surface area contributed by atoms with Crippen molar-refractivity contribution in [3.05, 3.63) is 23.7 Å². The number of azo groups is 1. The minimum atomic E-state index is -0.275. The Morgan fingerprint density at radius 1 is 1.44 bits per heavy atom. The summed E-state index contributed by atoms with van der Waals surface area (Å²) in [6, 6.07) is 4.52. The first kappa shape index (κ1) is 12.1. The number of carbonyl (C=O) groups is 1. The molecule has 2 aromatic rings. The third kappa shape index (κ3) is 3.08. The van der Waals surface area contributed by atoms with E-state index in [2.05, 4.69) is 25.7 Å². The highest BCUT2D eigenvalue weighted by molar-refractivity contribution is 7.13. The van der Waals surface area contributed by atoms with Crippen LogP contribution in [0.4, 0.5) is 16.5 Å². The van der Waals surface area contributed by atoms with Crippen LogP contribution < -0.4 is 5.32 Å². The summed E-state index contributed by atoms with van der Waals surface area (Å²) in [5, 5.41) is 27.6. The first-order chi connectivity index (χ1) is 8.65. The third-order valence-electron chi connectivity index (χ3n) is 1.89. The molecule has 0 aliphatic rings. The second kappa shape index (κ2) is 5.32. The summed E-state index contributed by atoms with van der Waals surface area (Å²) in [4.78, 5) is 10.9. The molecule has 0 saturated heterocycles. The Morgan fingerprint density at radius 3 is 2.94 bits per heavy atom. The molecule has 18 heavy (non-hydrogen) atoms. The quantitative estimate of drug-likeness (QED) is 0.656. The molecular formula is C10H9N5O2S. The minimum Gasteiger partial charge on any atom is -0.506 e. The third-order valence-corrected chi connectivity index (χ3v) is 2.46. The summed E-state index contributed by atoms with van der Waals surface area (Å²) in [5.41, 5.74) is 2.33. The number of hydrogen-bond donors (Lipinski definition) is 2. The van der Waals surface area contributed by atoms with E-state index in [0.29, 0.717) is 10.8 Å². The van der Waals surface area contributed by atoms with Crippen molar-refractivity contribution >= 4 is 33.8 Å². The summed E-state index contributed by atoms with van der Waals surface area (Å²) >= 11 is 1.26. The highest BCUT2D eigenvalue weighted by Crippen LogP contribution is 2.29. The van der Waals surface area contributed by atoms with Crippen LogP contribution in [0.1, 0.15) is 6.92 Å². The van der Waals surface area contributed by atoms with E-state index < -0.39 is 0 Å². The molecular weight excluding hydrogens is 254 g/mol. The van der Waals surface area contributed by atoms with Gasteiger partial charge in [-0.25, -0.2) is 0 Å². The van der Waals surface area contributed by atoms with Crippen molar-refractivity contribution in [3.63, 3.8) is 0 Å². The normalized spacial score (nSPS) is 10.7. The van der Waals surface area contributed by atoms with Gasteiger partial charge < -0.3 is 10.4 Å². The predicted octanol–water partition coefficient (Wildman–Crippen LogP) is 2.62. The van der Waals surface area contributed by atoms with Gasteiger partial charge in [0.05, 0.1) is 11.4 Å². The molecule has 0 bridgehead atoms. The largest absolute Gasteiger partial charge is 0.506 e. The zero-order valence-corrected chi connectivity index (χ0v) is 10.2. The highest BCUT2D eigenvalue weighted by Gasteiger charge is 2.04. The second-order valence-electron chi connectivity index (χ2n) is 3.30. The van der Waals surface area contributed by atoms with E-state index in [0.717, 1.165) is 0 Å². The first-order valence-electron chi connectivity index (χ1n) is 4.93. The Kier molecular flexibility index (Phi) is 3.58. The standard InChI is InChI=1S/C10H9N5O2S/c1-6(16)12-8-4-7(2-3-9(8)17)13-15-10-14-11-5-18-10/h2-5,17H,1H3,(H,12,16). The number of carbonyl (C=O) groups excluding carboxylic acids is 1. The number of nitrogens with one attached hydrogen (secondary N) is 1. The molecule has 0 aliphatic carbocycles. The van der Waals surface area contributed by atoms with Crippen molar-refractivity contribution in [1.82, 2.24) is 10.2 Å². The van der Waals surface area contributed by atoms with Crippen molar-refractivity contribution in [2.75, 3.05) is 5.32 Å². The highest BCUT2D eigenvalue weighted by atomic mass is 32.1. The lowest BCUT2D eigenvalue weighted by Gasteiger charge is -2.04. The summed E-state index contributed by atoms with van der Waals surface area (Å²) in [6.45, 7) is 1.36. The lowest BCUT2D eigenvalue weighted by atomic mass is 10.2. The van der Waals surface area contributed by atoms with Crippen LogP contribution in [0.2, 0.25) is 0 Å². The van der Waals surface area contributed by atoms with Gasteiger partial charge in [-0.2, -0.15) is 0 Å². The fourth-order valence-corrected chi connectivity index (χ4v) is 1.56. The van der Waals surface area contributed by atoms with E-state index in [1.165, 1.54) is 30.4 Å². The van der Waals surface area contributed by atoms with Crippen molar-refractivity contribution in [3.8, 4) is 5.75 Å². The maximum Gasteiger partial charge on any atom is 0.251 e. The van der Waals surface area contributed by atoms with Gasteiger partial charge in [0.15, 0.2) is 0 Å². The van der Waals surface area contributed by atoms with Gasteiger partial charge in [0.1, 0.15) is 11.3 Å². The zero-order chi connectivity index (χ0) is 13.0. The van der Waals surface area contributed by atoms with Crippen molar-refractivity contribution in [2.45, 2.75) is 6.92 Å². The Morgan fingerprint density at radius 2 is 2.28 bits per heavy atom. The number of phenols is 1. The van der Waals surface area contributed by atoms with E-state index in [1.54, 1.807) is 11.6 Å². The van der Waals surface area contributed by atoms with Gasteiger partial charge in [0, 0.05) is 6.92 Å². The molecule has 2 rings (SSSR count). The van der Waals surface area contributed by atoms with Crippen LogP contribution >= 0.6 is 11.3 Å². The number of amides is 1. The average Bonchev–Trinajstić information content (AvgIpc) is 2.82. The molecule has 8 heteroatoms. The van der Waals surface area contributed by atoms with Crippen molar-refractivity contribution in [2.24, 2.45) is 10.2 Å². The Labute approximate surface area is 106 Å². The van der Waals surface area contributed by atoms with Gasteiger partial charge >= 0.3 is 0 Å². The lowest BCUT2D eigenvalue weighted by Crippen LogP contribution is -2.05. The van der Waals surface area contributed by atoms with Crippen LogP contribution in [0.3, 0.4) is 0 Å². The average molecular weight is 263 g/mol. The maximum absolute atomic E-state index is 10.9. The molecule has 1 heterocycles. The summed E-state index contributed by atoms with van der Waals surface area (Å²) in [7, 11) is 0. The molecule has 0 fully saturated rings. The van der Waals surface area contributed by atoms with Crippen LogP contribution in [0.5, 0.6) is 5.75 Å². The Balaban J connectivity index is 2.21. The van der Waals surface area contributed by atoms with Crippen LogP contribution in [0.25, 0.3) is 0 Å². The minimum absolute atomic E-state index is 0.0277. The molecule has 1 amide bonds. The summed E-state index contributed by atoms with van der Waals surface area (Å²) in [6.07, 6.45) is 0. The van der Waals surface area contributed by atoms with Gasteiger partial charge in [-0.1, -0.05) is 11.3 Å². The first-order valence-corrected chi connectivity index (χ1v) is 5.81. The topological polar surface area (TPSA) is 99.8 Å². The molecule has 0 spiro atoms. The molecule has 1 aromatic carbocycles. The smallest absolute Gasteiger partial charge is 0.251 e. The van der Waals surface area contributed by atoms with E-state index >= 15 is 0 Å². The molecule has 0 saturated carbocycles. The molecule has 92 valence electrons. The summed E-state index contributed by atoms with van der Waals surface area (Å²) < 4.78 is 0. The molecule has 2 N–H and O–H groups in total. The number of anilines is 1. The molecule has 7 nitrogen and oxygen atoms in total. The lowest BCUT2D eigenvalue weighted by molar-refractivity contribution is -0.114. The van der Waals surface area contributed by atoms with Gasteiger partial charge in [-0.3, -0.25) is 4.79 Å². The van der Waals surface area contributed by atoms with E-state index in [4.69, 9.17) is 0 Å².